The van der Waals surface area contributed by atoms with Crippen molar-refractivity contribution in [2.75, 3.05) is 26.2 Å². The lowest BCUT2D eigenvalue weighted by Crippen LogP contribution is -2.30. The highest BCUT2D eigenvalue weighted by Crippen LogP contribution is 2.28. The van der Waals surface area contributed by atoms with Gasteiger partial charge in [0.25, 0.3) is 0 Å². The third kappa shape index (κ3) is 4.11. The van der Waals surface area contributed by atoms with Crippen LogP contribution in [0.25, 0.3) is 0 Å². The lowest BCUT2D eigenvalue weighted by molar-refractivity contribution is -0.130. The molecule has 1 amide bonds. The van der Waals surface area contributed by atoms with Crippen molar-refractivity contribution in [2.45, 2.75) is 12.8 Å². The Bertz CT molecular complexity index is 484. The molecule has 1 fully saturated rings. The second-order valence-electron chi connectivity index (χ2n) is 4.90. The van der Waals surface area contributed by atoms with Crippen molar-refractivity contribution in [1.82, 2.24) is 4.90 Å². The van der Waals surface area contributed by atoms with Gasteiger partial charge in [-0.1, -0.05) is 11.6 Å². The van der Waals surface area contributed by atoms with Crippen LogP contribution in [0.15, 0.2) is 22.7 Å². The molecule has 0 bridgehead atoms. The van der Waals surface area contributed by atoms with Crippen molar-refractivity contribution < 1.29 is 9.53 Å². The van der Waals surface area contributed by atoms with Gasteiger partial charge in [-0.05, 0) is 53.0 Å². The molecule has 2 N–H and O–H groups in total. The van der Waals surface area contributed by atoms with Crippen molar-refractivity contribution in [3.05, 3.63) is 27.7 Å². The highest BCUT2D eigenvalue weighted by atomic mass is 79.9. The largest absolute Gasteiger partial charge is 0.492 e. The van der Waals surface area contributed by atoms with Crippen LogP contribution < -0.4 is 10.5 Å². The molecular formula is C14H18BrClN2O2. The number of benzene rings is 1. The molecule has 6 heteroatoms. The SMILES string of the molecule is NC[C@H]1CCN(C(=O)CCOc2ccc(Cl)cc2Br)C1. The monoisotopic (exact) mass is 360 g/mol. The summed E-state index contributed by atoms with van der Waals surface area (Å²) in [6, 6.07) is 5.32. The Morgan fingerprint density at radius 2 is 2.35 bits per heavy atom. The molecule has 1 atom stereocenters. The summed E-state index contributed by atoms with van der Waals surface area (Å²) >= 11 is 9.24. The molecular weight excluding hydrogens is 344 g/mol. The highest BCUT2D eigenvalue weighted by Gasteiger charge is 2.24. The van der Waals surface area contributed by atoms with E-state index in [-0.39, 0.29) is 5.91 Å². The number of rotatable bonds is 5. The van der Waals surface area contributed by atoms with Gasteiger partial charge in [-0.25, -0.2) is 0 Å². The fraction of sp³-hybridized carbons (Fsp3) is 0.500. The van der Waals surface area contributed by atoms with Gasteiger partial charge in [0.05, 0.1) is 17.5 Å². The van der Waals surface area contributed by atoms with Gasteiger partial charge in [-0.3, -0.25) is 4.79 Å². The number of likely N-dealkylation sites (tertiary alicyclic amines) is 1. The predicted molar refractivity (Wildman–Crippen MR) is 83.0 cm³/mol. The van der Waals surface area contributed by atoms with Gasteiger partial charge in [-0.2, -0.15) is 0 Å². The van der Waals surface area contributed by atoms with E-state index in [1.807, 2.05) is 4.90 Å². The molecule has 0 saturated carbocycles. The van der Waals surface area contributed by atoms with Crippen LogP contribution in [0.4, 0.5) is 0 Å². The summed E-state index contributed by atoms with van der Waals surface area (Å²) < 4.78 is 6.39. The highest BCUT2D eigenvalue weighted by molar-refractivity contribution is 9.10. The molecule has 1 saturated heterocycles. The van der Waals surface area contributed by atoms with Gasteiger partial charge in [0.1, 0.15) is 5.75 Å². The van der Waals surface area contributed by atoms with Gasteiger partial charge < -0.3 is 15.4 Å². The topological polar surface area (TPSA) is 55.6 Å². The van der Waals surface area contributed by atoms with E-state index < -0.39 is 0 Å². The normalized spacial score (nSPS) is 18.4. The molecule has 0 aromatic heterocycles. The van der Waals surface area contributed by atoms with E-state index >= 15 is 0 Å². The number of halogens is 2. The number of ether oxygens (including phenoxy) is 1. The number of amides is 1. The Morgan fingerprint density at radius 1 is 1.55 bits per heavy atom. The van der Waals surface area contributed by atoms with Crippen molar-refractivity contribution in [1.29, 1.82) is 0 Å². The van der Waals surface area contributed by atoms with E-state index in [1.54, 1.807) is 18.2 Å². The van der Waals surface area contributed by atoms with Crippen LogP contribution in [0.2, 0.25) is 5.02 Å². The van der Waals surface area contributed by atoms with Gasteiger partial charge in [0.2, 0.25) is 5.91 Å². The van der Waals surface area contributed by atoms with Crippen LogP contribution in [-0.4, -0.2) is 37.0 Å². The maximum atomic E-state index is 12.0. The van der Waals surface area contributed by atoms with Crippen LogP contribution in [-0.2, 0) is 4.79 Å². The summed E-state index contributed by atoms with van der Waals surface area (Å²) in [5.74, 6) is 1.28. The summed E-state index contributed by atoms with van der Waals surface area (Å²) in [5.41, 5.74) is 5.62. The fourth-order valence-electron chi connectivity index (χ4n) is 2.25. The first-order valence-corrected chi connectivity index (χ1v) is 7.83. The molecule has 1 aromatic carbocycles. The summed E-state index contributed by atoms with van der Waals surface area (Å²) in [4.78, 5) is 13.9. The number of hydrogen-bond donors (Lipinski definition) is 1. The maximum absolute atomic E-state index is 12.0. The number of hydrogen-bond acceptors (Lipinski definition) is 3. The maximum Gasteiger partial charge on any atom is 0.226 e. The predicted octanol–water partition coefficient (Wildman–Crippen LogP) is 2.68. The number of nitrogens with two attached hydrogens (primary N) is 1. The van der Waals surface area contributed by atoms with E-state index in [1.165, 1.54) is 0 Å². The standard InChI is InChI=1S/C14H18BrClN2O2/c15-12-7-11(16)1-2-13(12)20-6-4-14(19)18-5-3-10(8-17)9-18/h1-2,7,10H,3-6,8-9,17H2/t10-/m1/s1. The van der Waals surface area contributed by atoms with Crippen molar-refractivity contribution in [2.24, 2.45) is 11.7 Å². The Morgan fingerprint density at radius 3 is 3.00 bits per heavy atom. The van der Waals surface area contributed by atoms with Crippen molar-refractivity contribution in [3.63, 3.8) is 0 Å². The van der Waals surface area contributed by atoms with Crippen molar-refractivity contribution in [3.8, 4) is 5.75 Å². The van der Waals surface area contributed by atoms with E-state index in [2.05, 4.69) is 15.9 Å². The molecule has 1 heterocycles. The minimum absolute atomic E-state index is 0.131. The molecule has 0 aliphatic carbocycles. The first-order chi connectivity index (χ1) is 9.60. The Balaban J connectivity index is 1.77. The summed E-state index contributed by atoms with van der Waals surface area (Å²) in [7, 11) is 0. The van der Waals surface area contributed by atoms with Crippen LogP contribution in [0, 0.1) is 5.92 Å². The molecule has 0 spiro atoms. The van der Waals surface area contributed by atoms with E-state index in [9.17, 15) is 4.79 Å². The van der Waals surface area contributed by atoms with Gasteiger partial charge >= 0.3 is 0 Å². The number of carbonyl (C=O) groups is 1. The van der Waals surface area contributed by atoms with Gasteiger partial charge in [0.15, 0.2) is 0 Å². The third-order valence-electron chi connectivity index (χ3n) is 3.44. The Hall–Kier alpha value is -0.780. The molecule has 4 nitrogen and oxygen atoms in total. The van der Waals surface area contributed by atoms with Crippen LogP contribution in [0.3, 0.4) is 0 Å². The van der Waals surface area contributed by atoms with Crippen LogP contribution in [0.1, 0.15) is 12.8 Å². The fourth-order valence-corrected chi connectivity index (χ4v) is 3.05. The van der Waals surface area contributed by atoms with Gasteiger partial charge in [-0.15, -0.1) is 0 Å². The van der Waals surface area contributed by atoms with E-state index in [0.717, 1.165) is 24.0 Å². The average molecular weight is 362 g/mol. The molecule has 1 aromatic rings. The number of nitrogens with zero attached hydrogens (tertiary/aromatic N) is 1. The smallest absolute Gasteiger partial charge is 0.226 e. The Labute approximate surface area is 132 Å². The zero-order valence-corrected chi connectivity index (χ0v) is 13.5. The van der Waals surface area contributed by atoms with E-state index in [4.69, 9.17) is 22.1 Å². The summed E-state index contributed by atoms with van der Waals surface area (Å²) in [6.45, 7) is 2.60. The third-order valence-corrected chi connectivity index (χ3v) is 4.29. The minimum Gasteiger partial charge on any atom is -0.492 e. The molecule has 0 radical (unpaired) electrons. The second-order valence-corrected chi connectivity index (χ2v) is 6.19. The zero-order chi connectivity index (χ0) is 14.5. The zero-order valence-electron chi connectivity index (χ0n) is 11.1. The van der Waals surface area contributed by atoms with Gasteiger partial charge in [0, 0.05) is 18.1 Å². The number of carbonyl (C=O) groups excluding carboxylic acids is 1. The second kappa shape index (κ2) is 7.29. The average Bonchev–Trinajstić information content (AvgIpc) is 2.90. The van der Waals surface area contributed by atoms with Crippen molar-refractivity contribution >= 4 is 33.4 Å². The lowest BCUT2D eigenvalue weighted by atomic mass is 10.1. The van der Waals surface area contributed by atoms with Crippen LogP contribution >= 0.6 is 27.5 Å². The molecule has 1 aliphatic heterocycles. The lowest BCUT2D eigenvalue weighted by Gasteiger charge is -2.16. The first-order valence-electron chi connectivity index (χ1n) is 6.66. The quantitative estimate of drug-likeness (QED) is 0.877. The molecule has 110 valence electrons. The van der Waals surface area contributed by atoms with E-state index in [0.29, 0.717) is 36.3 Å². The van der Waals surface area contributed by atoms with Crippen LogP contribution in [0.5, 0.6) is 5.75 Å². The summed E-state index contributed by atoms with van der Waals surface area (Å²) in [5, 5.41) is 0.644. The first kappa shape index (κ1) is 15.6. The molecule has 0 unspecified atom stereocenters. The molecule has 20 heavy (non-hydrogen) atoms. The minimum atomic E-state index is 0.131. The Kier molecular flexibility index (Phi) is 5.69. The summed E-state index contributed by atoms with van der Waals surface area (Å²) in [6.07, 6.45) is 1.39. The molecule has 1 aliphatic rings. The molecule has 2 rings (SSSR count).